The van der Waals surface area contributed by atoms with Crippen LogP contribution in [0.3, 0.4) is 0 Å². The lowest BCUT2D eigenvalue weighted by Crippen LogP contribution is -2.63. The van der Waals surface area contributed by atoms with E-state index in [2.05, 4.69) is 25.5 Å². The number of carbonyl (C=O) groups excluding carboxylic acids is 3. The molecule has 0 unspecified atom stereocenters. The van der Waals surface area contributed by atoms with Gasteiger partial charge in [-0.3, -0.25) is 14.4 Å². The van der Waals surface area contributed by atoms with E-state index in [1.807, 2.05) is 38.2 Å². The third-order valence-corrected chi connectivity index (χ3v) is 8.27. The number of benzene rings is 1. The van der Waals surface area contributed by atoms with Crippen molar-refractivity contribution in [3.63, 3.8) is 0 Å². The normalized spacial score (nSPS) is 20.3. The number of hydrogen-bond donors (Lipinski definition) is 4. The Balaban J connectivity index is 1.35. The van der Waals surface area contributed by atoms with E-state index in [-0.39, 0.29) is 18.4 Å². The zero-order valence-electron chi connectivity index (χ0n) is 22.1. The number of hydrogen-bond acceptors (Lipinski definition) is 7. The van der Waals surface area contributed by atoms with Gasteiger partial charge in [0.15, 0.2) is 5.01 Å². The molecule has 3 amide bonds. The topological polar surface area (TPSA) is 131 Å². The Morgan fingerprint density at radius 2 is 1.89 bits per heavy atom. The summed E-state index contributed by atoms with van der Waals surface area (Å²) in [6.07, 6.45) is 1.23. The number of likely N-dealkylation sites (N-methyl/N-ethyl adjacent to an activating group) is 1. The molecule has 4 heterocycles. The van der Waals surface area contributed by atoms with Gasteiger partial charge in [-0.1, -0.05) is 11.6 Å². The van der Waals surface area contributed by atoms with Gasteiger partial charge in [0.25, 0.3) is 17.7 Å². The standard InChI is InChI=1S/C27H34N6O4S/c1-15-5-6-17-16(11-15)12-20(28-17)23(34)29-18-8-10-33(26(36)27(2,3)37)13-21(18)30-24(35)25-31-19-7-9-32(4)14-22(19)38-25/h5-6,11-12,18,21,28,37H,7-10,13-14H2,1-4H3,(H,29,34)(H,30,35)/t18-,21+/m0/s1. The summed E-state index contributed by atoms with van der Waals surface area (Å²) >= 11 is 1.38. The summed E-state index contributed by atoms with van der Waals surface area (Å²) in [5, 5.41) is 17.7. The second-order valence-corrected chi connectivity index (χ2v) is 12.0. The SMILES string of the molecule is Cc1ccc2[nH]c(C(=O)N[C@H]3CCN(C(=O)C(C)(C)O)C[C@H]3NC(=O)c3nc4c(s3)CN(C)CC4)cc2c1. The van der Waals surface area contributed by atoms with Gasteiger partial charge in [0.05, 0.1) is 17.8 Å². The van der Waals surface area contributed by atoms with E-state index in [0.717, 1.165) is 46.5 Å². The summed E-state index contributed by atoms with van der Waals surface area (Å²) < 4.78 is 0. The molecular formula is C27H34N6O4S. The highest BCUT2D eigenvalue weighted by atomic mass is 32.1. The van der Waals surface area contributed by atoms with Crippen LogP contribution in [0.4, 0.5) is 0 Å². The van der Waals surface area contributed by atoms with Gasteiger partial charge >= 0.3 is 0 Å². The van der Waals surface area contributed by atoms with Crippen molar-refractivity contribution in [2.24, 2.45) is 0 Å². The van der Waals surface area contributed by atoms with E-state index in [9.17, 15) is 19.5 Å². The third-order valence-electron chi connectivity index (χ3n) is 7.19. The molecule has 1 fully saturated rings. The third kappa shape index (κ3) is 5.45. The molecule has 2 aliphatic heterocycles. The predicted octanol–water partition coefficient (Wildman–Crippen LogP) is 1.82. The molecule has 2 aromatic heterocycles. The van der Waals surface area contributed by atoms with Gasteiger partial charge in [0.1, 0.15) is 11.3 Å². The quantitative estimate of drug-likeness (QED) is 0.392. The molecule has 0 spiro atoms. The maximum atomic E-state index is 13.3. The Labute approximate surface area is 225 Å². The average Bonchev–Trinajstić information content (AvgIpc) is 3.47. The van der Waals surface area contributed by atoms with Gasteiger partial charge in [-0.05, 0) is 52.4 Å². The second-order valence-electron chi connectivity index (χ2n) is 10.9. The Morgan fingerprint density at radius 3 is 2.66 bits per heavy atom. The Bertz CT molecular complexity index is 1390. The van der Waals surface area contributed by atoms with Crippen LogP contribution >= 0.6 is 11.3 Å². The zero-order chi connectivity index (χ0) is 27.2. The van der Waals surface area contributed by atoms with Crippen molar-refractivity contribution < 1.29 is 19.5 Å². The zero-order valence-corrected chi connectivity index (χ0v) is 22.9. The van der Waals surface area contributed by atoms with E-state index >= 15 is 0 Å². The Hall–Kier alpha value is -3.28. The molecule has 0 bridgehead atoms. The van der Waals surface area contributed by atoms with Crippen molar-refractivity contribution in [1.82, 2.24) is 30.4 Å². The number of nitrogens with zero attached hydrogens (tertiary/aromatic N) is 3. The number of nitrogens with one attached hydrogen (secondary N) is 3. The van der Waals surface area contributed by atoms with E-state index in [4.69, 9.17) is 0 Å². The molecule has 3 aromatic rings. The van der Waals surface area contributed by atoms with Crippen molar-refractivity contribution >= 4 is 40.0 Å². The summed E-state index contributed by atoms with van der Waals surface area (Å²) in [6, 6.07) is 6.78. The minimum Gasteiger partial charge on any atom is -0.381 e. The number of aromatic nitrogens is 2. The molecule has 5 rings (SSSR count). The fourth-order valence-electron chi connectivity index (χ4n) is 5.11. The summed E-state index contributed by atoms with van der Waals surface area (Å²) in [4.78, 5) is 51.9. The highest BCUT2D eigenvalue weighted by Crippen LogP contribution is 2.25. The Kier molecular flexibility index (Phi) is 7.01. The number of likely N-dealkylation sites (tertiary alicyclic amines) is 1. The molecule has 10 nitrogen and oxygen atoms in total. The van der Waals surface area contributed by atoms with Crippen LogP contribution in [0.2, 0.25) is 0 Å². The van der Waals surface area contributed by atoms with Crippen molar-refractivity contribution in [3.05, 3.63) is 51.1 Å². The number of fused-ring (bicyclic) bond motifs is 2. The average molecular weight is 539 g/mol. The minimum atomic E-state index is -1.53. The summed E-state index contributed by atoms with van der Waals surface area (Å²) in [7, 11) is 2.04. The van der Waals surface area contributed by atoms with Crippen LogP contribution in [0.1, 0.15) is 56.7 Å². The number of amides is 3. The van der Waals surface area contributed by atoms with Crippen molar-refractivity contribution in [2.75, 3.05) is 26.7 Å². The highest BCUT2D eigenvalue weighted by molar-refractivity contribution is 7.13. The number of thiazole rings is 1. The van der Waals surface area contributed by atoms with Gasteiger partial charge in [-0.15, -0.1) is 11.3 Å². The maximum absolute atomic E-state index is 13.3. The lowest BCUT2D eigenvalue weighted by atomic mass is 9.96. The summed E-state index contributed by atoms with van der Waals surface area (Å²) in [5.74, 6) is -1.02. The van der Waals surface area contributed by atoms with Gasteiger partial charge in [0, 0.05) is 48.4 Å². The first-order chi connectivity index (χ1) is 18.0. The fourth-order valence-corrected chi connectivity index (χ4v) is 6.20. The number of piperidine rings is 1. The maximum Gasteiger partial charge on any atom is 0.280 e. The molecular weight excluding hydrogens is 504 g/mol. The fraction of sp³-hybridized carbons (Fsp3) is 0.481. The van der Waals surface area contributed by atoms with Crippen molar-refractivity contribution in [3.8, 4) is 0 Å². The van der Waals surface area contributed by atoms with Crippen LogP contribution in [-0.2, 0) is 17.8 Å². The molecule has 0 radical (unpaired) electrons. The predicted molar refractivity (Wildman–Crippen MR) is 145 cm³/mol. The van der Waals surface area contributed by atoms with Gasteiger partial charge in [-0.2, -0.15) is 0 Å². The van der Waals surface area contributed by atoms with Crippen LogP contribution in [0.25, 0.3) is 10.9 Å². The van der Waals surface area contributed by atoms with Crippen LogP contribution in [0, 0.1) is 6.92 Å². The minimum absolute atomic E-state index is 0.166. The smallest absolute Gasteiger partial charge is 0.280 e. The largest absolute Gasteiger partial charge is 0.381 e. The number of aryl methyl sites for hydroxylation is 1. The molecule has 1 saturated heterocycles. The van der Waals surface area contributed by atoms with E-state index < -0.39 is 23.6 Å². The molecule has 4 N–H and O–H groups in total. The molecule has 11 heteroatoms. The first-order valence-corrected chi connectivity index (χ1v) is 13.7. The highest BCUT2D eigenvalue weighted by Gasteiger charge is 2.38. The molecule has 38 heavy (non-hydrogen) atoms. The Morgan fingerprint density at radius 1 is 1.13 bits per heavy atom. The lowest BCUT2D eigenvalue weighted by Gasteiger charge is -2.40. The summed E-state index contributed by atoms with van der Waals surface area (Å²) in [5.41, 5.74) is 1.83. The van der Waals surface area contributed by atoms with E-state index in [1.54, 1.807) is 4.90 Å². The van der Waals surface area contributed by atoms with Gasteiger partial charge in [-0.25, -0.2) is 4.98 Å². The molecule has 202 valence electrons. The number of H-pyrrole nitrogens is 1. The van der Waals surface area contributed by atoms with Crippen LogP contribution in [-0.4, -0.2) is 87.0 Å². The number of rotatable bonds is 5. The first kappa shape index (κ1) is 26.3. The number of aromatic amines is 1. The lowest BCUT2D eigenvalue weighted by molar-refractivity contribution is -0.149. The second kappa shape index (κ2) is 10.1. The van der Waals surface area contributed by atoms with Crippen LogP contribution < -0.4 is 10.6 Å². The van der Waals surface area contributed by atoms with Crippen LogP contribution in [0.5, 0.6) is 0 Å². The monoisotopic (exact) mass is 538 g/mol. The molecule has 2 atom stereocenters. The number of aliphatic hydroxyl groups is 1. The van der Waals surface area contributed by atoms with Gasteiger partial charge < -0.3 is 30.5 Å². The molecule has 2 aliphatic rings. The van der Waals surface area contributed by atoms with E-state index in [0.29, 0.717) is 23.7 Å². The van der Waals surface area contributed by atoms with Gasteiger partial charge in [0.2, 0.25) is 0 Å². The van der Waals surface area contributed by atoms with E-state index in [1.165, 1.54) is 25.2 Å². The summed E-state index contributed by atoms with van der Waals surface area (Å²) in [6.45, 7) is 7.08. The molecule has 0 saturated carbocycles. The van der Waals surface area contributed by atoms with Crippen LogP contribution in [0.15, 0.2) is 24.3 Å². The first-order valence-electron chi connectivity index (χ1n) is 12.9. The number of carbonyl (C=O) groups is 3. The van der Waals surface area contributed by atoms with Crippen molar-refractivity contribution in [1.29, 1.82) is 0 Å². The molecule has 0 aliphatic carbocycles. The van der Waals surface area contributed by atoms with Crippen molar-refractivity contribution in [2.45, 2.75) is 57.8 Å². The molecule has 1 aromatic carbocycles.